The average molecular weight is 418 g/mol. The van der Waals surface area contributed by atoms with Gasteiger partial charge >= 0.3 is 0 Å². The smallest absolute Gasteiger partial charge is 0.128 e. The summed E-state index contributed by atoms with van der Waals surface area (Å²) in [7, 11) is 0. The van der Waals surface area contributed by atoms with E-state index in [9.17, 15) is 25.5 Å². The molecule has 0 aliphatic heterocycles. The van der Waals surface area contributed by atoms with Crippen molar-refractivity contribution in [2.75, 3.05) is 17.5 Å². The molecule has 0 unspecified atom stereocenters. The van der Waals surface area contributed by atoms with E-state index in [1.54, 1.807) is 48.5 Å². The largest absolute Gasteiger partial charge is 0.394 e. The number of aliphatic hydroxyl groups is 6. The lowest BCUT2D eigenvalue weighted by molar-refractivity contribution is -0.130. The minimum atomic E-state index is -1.96. The molecule has 2 aromatic carbocycles. The maximum atomic E-state index is 10.5. The van der Waals surface area contributed by atoms with Crippen LogP contribution in [0, 0.1) is 0 Å². The lowest BCUT2D eigenvalue weighted by Gasteiger charge is -2.28. The van der Waals surface area contributed by atoms with Gasteiger partial charge in [0, 0.05) is 0 Å². The monoisotopic (exact) mass is 418 g/mol. The van der Waals surface area contributed by atoms with Crippen LogP contribution in [0.15, 0.2) is 70.9 Å². The predicted molar refractivity (Wildman–Crippen MR) is 113 cm³/mol. The van der Waals surface area contributed by atoms with Gasteiger partial charge in [0.15, 0.2) is 0 Å². The number of benzene rings is 2. The Morgan fingerprint density at radius 3 is 1.83 bits per heavy atom. The van der Waals surface area contributed by atoms with E-state index in [2.05, 4.69) is 21.1 Å². The summed E-state index contributed by atoms with van der Waals surface area (Å²) in [6.07, 6.45) is -8.11. The first-order valence-corrected chi connectivity index (χ1v) is 9.18. The number of nitrogens with one attached hydrogen (secondary N) is 2. The molecule has 0 saturated carbocycles. The third-order valence-electron chi connectivity index (χ3n) is 4.16. The molecule has 0 amide bonds. The molecular weight excluding hydrogens is 392 g/mol. The maximum absolute atomic E-state index is 10.5. The van der Waals surface area contributed by atoms with Gasteiger partial charge in [0.25, 0.3) is 0 Å². The van der Waals surface area contributed by atoms with Gasteiger partial charge in [0.05, 0.1) is 24.2 Å². The first kappa shape index (κ1) is 23.4. The summed E-state index contributed by atoms with van der Waals surface area (Å²) in [6, 6.07) is 17.7. The summed E-state index contributed by atoms with van der Waals surface area (Å²) >= 11 is 0. The minimum absolute atomic E-state index is 0.167. The van der Waals surface area contributed by atoms with Crippen LogP contribution in [0.25, 0.3) is 0 Å². The van der Waals surface area contributed by atoms with Gasteiger partial charge in [0.1, 0.15) is 36.2 Å². The molecule has 0 saturated heterocycles. The molecule has 2 aromatic rings. The van der Waals surface area contributed by atoms with Crippen molar-refractivity contribution in [1.82, 2.24) is 0 Å². The van der Waals surface area contributed by atoms with Gasteiger partial charge in [-0.05, 0) is 24.3 Å². The van der Waals surface area contributed by atoms with Crippen LogP contribution in [-0.2, 0) is 0 Å². The van der Waals surface area contributed by atoms with Crippen molar-refractivity contribution in [1.29, 1.82) is 0 Å². The van der Waals surface area contributed by atoms with Crippen molar-refractivity contribution in [2.45, 2.75) is 30.5 Å². The SMILES string of the molecule is OC[C@@H](O)[C@@H](O)[C@@H](O)[C@@H](O)[C@@H](O)C(/C=N\Nc1ccccc1)=N\Nc1ccccc1. The van der Waals surface area contributed by atoms with Gasteiger partial charge in [0.2, 0.25) is 0 Å². The number of nitrogens with zero attached hydrogens (tertiary/aromatic N) is 2. The fraction of sp³-hybridized carbons (Fsp3) is 0.300. The molecule has 0 bridgehead atoms. The highest BCUT2D eigenvalue weighted by Gasteiger charge is 2.35. The normalized spacial score (nSPS) is 17.2. The van der Waals surface area contributed by atoms with Crippen LogP contribution >= 0.6 is 0 Å². The van der Waals surface area contributed by atoms with Crippen LogP contribution < -0.4 is 10.9 Å². The van der Waals surface area contributed by atoms with Crippen LogP contribution in [0.3, 0.4) is 0 Å². The quantitative estimate of drug-likeness (QED) is 0.176. The molecule has 0 aliphatic carbocycles. The molecular formula is C20H26N4O6. The second-order valence-electron chi connectivity index (χ2n) is 6.42. The van der Waals surface area contributed by atoms with Crippen molar-refractivity contribution in [3.05, 3.63) is 60.7 Å². The fourth-order valence-electron chi connectivity index (χ4n) is 2.40. The van der Waals surface area contributed by atoms with Crippen LogP contribution in [0.5, 0.6) is 0 Å². The number of rotatable bonds is 11. The number of para-hydroxylation sites is 2. The van der Waals surface area contributed by atoms with Crippen molar-refractivity contribution in [3.8, 4) is 0 Å². The van der Waals surface area contributed by atoms with Crippen molar-refractivity contribution >= 4 is 23.3 Å². The van der Waals surface area contributed by atoms with Gasteiger partial charge in [-0.2, -0.15) is 10.2 Å². The highest BCUT2D eigenvalue weighted by atomic mass is 16.4. The standard InChI is InChI=1S/C20H26N4O6/c25-12-16(26)18(28)20(30)19(29)17(27)15(24-23-14-9-5-2-6-10-14)11-21-22-13-7-3-1-4-8-13/h1-11,16-20,22-23,25-30H,12H2/b21-11-,24-15-/t16-,17+,18-,19+,20-/m1/s1. The lowest BCUT2D eigenvalue weighted by atomic mass is 9.97. The van der Waals surface area contributed by atoms with E-state index in [0.29, 0.717) is 11.4 Å². The van der Waals surface area contributed by atoms with Crippen molar-refractivity contribution in [3.63, 3.8) is 0 Å². The van der Waals surface area contributed by atoms with E-state index >= 15 is 0 Å². The Kier molecular flexibility index (Phi) is 9.35. The van der Waals surface area contributed by atoms with Crippen LogP contribution in [0.4, 0.5) is 11.4 Å². The van der Waals surface area contributed by atoms with E-state index in [-0.39, 0.29) is 5.71 Å². The summed E-state index contributed by atoms with van der Waals surface area (Å²) in [5.74, 6) is 0. The van der Waals surface area contributed by atoms with Gasteiger partial charge in [-0.3, -0.25) is 10.9 Å². The van der Waals surface area contributed by atoms with Crippen LogP contribution in [-0.4, -0.2) is 79.7 Å². The molecule has 8 N–H and O–H groups in total. The third-order valence-corrected chi connectivity index (χ3v) is 4.16. The third kappa shape index (κ3) is 6.88. The van der Waals surface area contributed by atoms with E-state index in [1.165, 1.54) is 0 Å². The number of hydrogen-bond donors (Lipinski definition) is 8. The average Bonchev–Trinajstić information content (AvgIpc) is 2.80. The first-order chi connectivity index (χ1) is 14.4. The summed E-state index contributed by atoms with van der Waals surface area (Å²) in [4.78, 5) is 0. The zero-order valence-corrected chi connectivity index (χ0v) is 16.0. The number of aliphatic hydroxyl groups excluding tert-OH is 6. The van der Waals surface area contributed by atoms with Crippen molar-refractivity contribution in [2.24, 2.45) is 10.2 Å². The first-order valence-electron chi connectivity index (χ1n) is 9.18. The fourth-order valence-corrected chi connectivity index (χ4v) is 2.40. The Bertz CT molecular complexity index is 805. The Hall–Kier alpha value is -2.86. The molecule has 5 atom stereocenters. The number of hydrogen-bond acceptors (Lipinski definition) is 10. The summed E-state index contributed by atoms with van der Waals surface area (Å²) < 4.78 is 0. The molecule has 10 nitrogen and oxygen atoms in total. The van der Waals surface area contributed by atoms with Gasteiger partial charge < -0.3 is 30.6 Å². The zero-order valence-electron chi connectivity index (χ0n) is 16.0. The maximum Gasteiger partial charge on any atom is 0.128 e. The molecule has 0 aromatic heterocycles. The lowest BCUT2D eigenvalue weighted by Crippen LogP contribution is -2.52. The van der Waals surface area contributed by atoms with Gasteiger partial charge in [-0.1, -0.05) is 36.4 Å². The molecule has 0 radical (unpaired) electrons. The molecule has 2 rings (SSSR count). The minimum Gasteiger partial charge on any atom is -0.394 e. The van der Waals surface area contributed by atoms with Gasteiger partial charge in [-0.25, -0.2) is 0 Å². The van der Waals surface area contributed by atoms with E-state index in [1.807, 2.05) is 12.1 Å². The molecule has 0 fully saturated rings. The molecule has 162 valence electrons. The Balaban J connectivity index is 2.18. The molecule has 0 heterocycles. The van der Waals surface area contributed by atoms with E-state index in [4.69, 9.17) is 5.11 Å². The molecule has 0 aliphatic rings. The number of hydrazone groups is 2. The topological polar surface area (TPSA) is 170 Å². The zero-order chi connectivity index (χ0) is 21.9. The Morgan fingerprint density at radius 1 is 0.767 bits per heavy atom. The second-order valence-corrected chi connectivity index (χ2v) is 6.42. The summed E-state index contributed by atoms with van der Waals surface area (Å²) in [5.41, 5.74) is 6.52. The highest BCUT2D eigenvalue weighted by Crippen LogP contribution is 2.11. The summed E-state index contributed by atoms with van der Waals surface area (Å²) in [6.45, 7) is -0.833. The van der Waals surface area contributed by atoms with Crippen molar-refractivity contribution < 1.29 is 30.6 Å². The Labute approximate surface area is 173 Å². The van der Waals surface area contributed by atoms with Gasteiger partial charge in [-0.15, -0.1) is 0 Å². The molecule has 0 spiro atoms. The van der Waals surface area contributed by atoms with E-state index < -0.39 is 37.1 Å². The predicted octanol–water partition coefficient (Wildman–Crippen LogP) is -0.651. The second kappa shape index (κ2) is 12.0. The van der Waals surface area contributed by atoms with Crippen LogP contribution in [0.1, 0.15) is 0 Å². The van der Waals surface area contributed by atoms with Crippen LogP contribution in [0.2, 0.25) is 0 Å². The molecule has 30 heavy (non-hydrogen) atoms. The Morgan fingerprint density at radius 2 is 1.30 bits per heavy atom. The highest BCUT2D eigenvalue weighted by molar-refractivity contribution is 6.33. The molecule has 10 heteroatoms. The number of anilines is 2. The summed E-state index contributed by atoms with van der Waals surface area (Å²) in [5, 5.41) is 66.9. The van der Waals surface area contributed by atoms with E-state index in [0.717, 1.165) is 6.21 Å².